The maximum Gasteiger partial charge on any atom is 0.225 e. The third kappa shape index (κ3) is 4.62. The lowest BCUT2D eigenvalue weighted by atomic mass is 10.1. The van der Waals surface area contributed by atoms with E-state index in [9.17, 15) is 10.1 Å². The molecular formula is C15H17BrClN3O. The smallest absolute Gasteiger partial charge is 0.225 e. The zero-order chi connectivity index (χ0) is 15.2. The van der Waals surface area contributed by atoms with E-state index >= 15 is 0 Å². The van der Waals surface area contributed by atoms with Crippen LogP contribution in [0.15, 0.2) is 22.7 Å². The molecule has 6 heteroatoms. The fourth-order valence-corrected chi connectivity index (χ4v) is 2.86. The Kier molecular flexibility index (Phi) is 5.89. The molecule has 0 spiro atoms. The molecule has 2 rings (SSSR count). The van der Waals surface area contributed by atoms with Gasteiger partial charge < -0.3 is 10.2 Å². The third-order valence-electron chi connectivity index (χ3n) is 3.50. The molecule has 21 heavy (non-hydrogen) atoms. The molecule has 0 aromatic heterocycles. The molecule has 1 amide bonds. The molecule has 4 nitrogen and oxygen atoms in total. The normalized spacial score (nSPS) is 16.1. The minimum atomic E-state index is -0.535. The molecule has 0 aliphatic carbocycles. The Bertz CT molecular complexity index is 552. The standard InChI is InChI=1S/C15H17BrClN3O/c16-13-8-11(4-5-14(13)17)19-12(10-18)9-15(21)20-6-2-1-3-7-20/h4-5,8,12,19H,1-3,6-7,9H2. The Morgan fingerprint density at radius 3 is 2.76 bits per heavy atom. The number of piperidine rings is 1. The number of halogens is 2. The van der Waals surface area contributed by atoms with Crippen molar-refractivity contribution in [1.82, 2.24) is 4.90 Å². The lowest BCUT2D eigenvalue weighted by Gasteiger charge is -2.27. The highest BCUT2D eigenvalue weighted by atomic mass is 79.9. The molecule has 1 aromatic carbocycles. The number of rotatable bonds is 4. The van der Waals surface area contributed by atoms with E-state index < -0.39 is 6.04 Å². The van der Waals surface area contributed by atoms with Crippen molar-refractivity contribution >= 4 is 39.1 Å². The molecule has 1 aliphatic heterocycles. The molecule has 1 atom stereocenters. The van der Waals surface area contributed by atoms with Crippen molar-refractivity contribution in [2.24, 2.45) is 0 Å². The van der Waals surface area contributed by atoms with Crippen LogP contribution in [0.3, 0.4) is 0 Å². The van der Waals surface area contributed by atoms with E-state index in [1.807, 2.05) is 4.90 Å². The van der Waals surface area contributed by atoms with E-state index in [1.54, 1.807) is 18.2 Å². The van der Waals surface area contributed by atoms with Crippen molar-refractivity contribution in [2.75, 3.05) is 18.4 Å². The van der Waals surface area contributed by atoms with E-state index in [1.165, 1.54) is 6.42 Å². The van der Waals surface area contributed by atoms with E-state index in [0.717, 1.165) is 36.1 Å². The molecule has 0 radical (unpaired) electrons. The summed E-state index contributed by atoms with van der Waals surface area (Å²) in [6, 6.07) is 6.96. The summed E-state index contributed by atoms with van der Waals surface area (Å²) in [5.74, 6) is 0.0433. The largest absolute Gasteiger partial charge is 0.369 e. The van der Waals surface area contributed by atoms with Crippen LogP contribution in [0, 0.1) is 11.3 Å². The minimum absolute atomic E-state index is 0.0433. The van der Waals surface area contributed by atoms with Gasteiger partial charge in [0.1, 0.15) is 6.04 Å². The van der Waals surface area contributed by atoms with E-state index in [0.29, 0.717) is 5.02 Å². The monoisotopic (exact) mass is 369 g/mol. The number of hydrogen-bond acceptors (Lipinski definition) is 3. The number of amides is 1. The van der Waals surface area contributed by atoms with Gasteiger partial charge in [0, 0.05) is 23.2 Å². The van der Waals surface area contributed by atoms with Crippen LogP contribution in [0.5, 0.6) is 0 Å². The highest BCUT2D eigenvalue weighted by Gasteiger charge is 2.20. The minimum Gasteiger partial charge on any atom is -0.369 e. The average Bonchev–Trinajstić information content (AvgIpc) is 2.51. The highest BCUT2D eigenvalue weighted by Crippen LogP contribution is 2.26. The zero-order valence-corrected chi connectivity index (χ0v) is 14.0. The first-order chi connectivity index (χ1) is 10.1. The Morgan fingerprint density at radius 2 is 2.14 bits per heavy atom. The highest BCUT2D eigenvalue weighted by molar-refractivity contribution is 9.10. The van der Waals surface area contributed by atoms with Gasteiger partial charge in [0.05, 0.1) is 17.5 Å². The molecule has 1 saturated heterocycles. The van der Waals surface area contributed by atoms with Gasteiger partial charge in [0.2, 0.25) is 5.91 Å². The molecular weight excluding hydrogens is 354 g/mol. The Labute approximate surface area is 138 Å². The van der Waals surface area contributed by atoms with Gasteiger partial charge in [-0.1, -0.05) is 11.6 Å². The van der Waals surface area contributed by atoms with E-state index in [2.05, 4.69) is 27.3 Å². The van der Waals surface area contributed by atoms with Crippen LogP contribution in [0.4, 0.5) is 5.69 Å². The first-order valence-corrected chi connectivity index (χ1v) is 8.16. The Balaban J connectivity index is 1.94. The van der Waals surface area contributed by atoms with Crippen molar-refractivity contribution in [2.45, 2.75) is 31.7 Å². The van der Waals surface area contributed by atoms with Gasteiger partial charge in [-0.15, -0.1) is 0 Å². The van der Waals surface area contributed by atoms with Crippen LogP contribution in [-0.2, 0) is 4.79 Å². The molecule has 1 fully saturated rings. The van der Waals surface area contributed by atoms with Crippen LogP contribution in [0.1, 0.15) is 25.7 Å². The number of nitriles is 1. The van der Waals surface area contributed by atoms with E-state index in [4.69, 9.17) is 11.6 Å². The number of carbonyl (C=O) groups excluding carboxylic acids is 1. The van der Waals surface area contributed by atoms with Crippen molar-refractivity contribution < 1.29 is 4.79 Å². The quantitative estimate of drug-likeness (QED) is 0.877. The second kappa shape index (κ2) is 7.67. The summed E-state index contributed by atoms with van der Waals surface area (Å²) in [5.41, 5.74) is 0.768. The molecule has 112 valence electrons. The molecule has 1 unspecified atom stereocenters. The van der Waals surface area contributed by atoms with Gasteiger partial charge in [-0.2, -0.15) is 5.26 Å². The summed E-state index contributed by atoms with van der Waals surface area (Å²) in [6.07, 6.45) is 3.49. The topological polar surface area (TPSA) is 56.1 Å². The van der Waals surface area contributed by atoms with Gasteiger partial charge in [0.15, 0.2) is 0 Å². The van der Waals surface area contributed by atoms with Crippen molar-refractivity contribution in [1.29, 1.82) is 5.26 Å². The molecule has 1 aliphatic rings. The fraction of sp³-hybridized carbons (Fsp3) is 0.467. The lowest BCUT2D eigenvalue weighted by molar-refractivity contribution is -0.132. The summed E-state index contributed by atoms with van der Waals surface area (Å²) >= 11 is 9.28. The first-order valence-electron chi connectivity index (χ1n) is 6.99. The number of nitrogens with one attached hydrogen (secondary N) is 1. The molecule has 1 N–H and O–H groups in total. The number of carbonyl (C=O) groups is 1. The van der Waals surface area contributed by atoms with Crippen LogP contribution in [-0.4, -0.2) is 29.9 Å². The Morgan fingerprint density at radius 1 is 1.43 bits per heavy atom. The number of nitrogens with zero attached hydrogens (tertiary/aromatic N) is 2. The van der Waals surface area contributed by atoms with Crippen LogP contribution < -0.4 is 5.32 Å². The number of hydrogen-bond donors (Lipinski definition) is 1. The van der Waals surface area contributed by atoms with Gasteiger partial charge in [-0.05, 0) is 53.4 Å². The van der Waals surface area contributed by atoms with Crippen LogP contribution >= 0.6 is 27.5 Å². The third-order valence-corrected chi connectivity index (χ3v) is 4.72. The van der Waals surface area contributed by atoms with Crippen molar-refractivity contribution in [3.8, 4) is 6.07 Å². The van der Waals surface area contributed by atoms with Gasteiger partial charge in [0.25, 0.3) is 0 Å². The molecule has 0 bridgehead atoms. The average molecular weight is 371 g/mol. The van der Waals surface area contributed by atoms with Gasteiger partial charge >= 0.3 is 0 Å². The summed E-state index contributed by atoms with van der Waals surface area (Å²) in [6.45, 7) is 1.62. The summed E-state index contributed by atoms with van der Waals surface area (Å²) in [5, 5.41) is 12.9. The van der Waals surface area contributed by atoms with Gasteiger partial charge in [-0.3, -0.25) is 4.79 Å². The summed E-state index contributed by atoms with van der Waals surface area (Å²) in [7, 11) is 0. The fourth-order valence-electron chi connectivity index (χ4n) is 2.36. The van der Waals surface area contributed by atoms with Gasteiger partial charge in [-0.25, -0.2) is 0 Å². The molecule has 1 heterocycles. The lowest BCUT2D eigenvalue weighted by Crippen LogP contribution is -2.38. The zero-order valence-electron chi connectivity index (χ0n) is 11.6. The SMILES string of the molecule is N#CC(CC(=O)N1CCCCC1)Nc1ccc(Cl)c(Br)c1. The molecule has 1 aromatic rings. The predicted molar refractivity (Wildman–Crippen MR) is 87.2 cm³/mol. The van der Waals surface area contributed by atoms with Crippen molar-refractivity contribution in [3.05, 3.63) is 27.7 Å². The predicted octanol–water partition coefficient (Wildman–Crippen LogP) is 3.81. The summed E-state index contributed by atoms with van der Waals surface area (Å²) < 4.78 is 0.758. The maximum absolute atomic E-state index is 12.2. The molecule has 0 saturated carbocycles. The first kappa shape index (κ1) is 16.1. The second-order valence-corrected chi connectivity index (χ2v) is 6.36. The number of anilines is 1. The van der Waals surface area contributed by atoms with Crippen LogP contribution in [0.25, 0.3) is 0 Å². The summed E-state index contributed by atoms with van der Waals surface area (Å²) in [4.78, 5) is 14.0. The Hall–Kier alpha value is -1.25. The maximum atomic E-state index is 12.2. The number of benzene rings is 1. The second-order valence-electron chi connectivity index (χ2n) is 5.10. The number of likely N-dealkylation sites (tertiary alicyclic amines) is 1. The van der Waals surface area contributed by atoms with Crippen LogP contribution in [0.2, 0.25) is 5.02 Å². The van der Waals surface area contributed by atoms with Crippen molar-refractivity contribution in [3.63, 3.8) is 0 Å². The van der Waals surface area contributed by atoms with E-state index in [-0.39, 0.29) is 12.3 Å².